The van der Waals surface area contributed by atoms with Crippen molar-refractivity contribution in [2.45, 2.75) is 0 Å². The lowest BCUT2D eigenvalue weighted by Crippen LogP contribution is -2.01. The summed E-state index contributed by atoms with van der Waals surface area (Å²) >= 11 is 0. The summed E-state index contributed by atoms with van der Waals surface area (Å²) in [5, 5.41) is 0. The third-order valence-electron chi connectivity index (χ3n) is 0.708. The fourth-order valence-electron chi connectivity index (χ4n) is 0.321. The minimum Gasteiger partial charge on any atom is -0.504 e. The predicted octanol–water partition coefficient (Wildman–Crippen LogP) is 0.524. The van der Waals surface area contributed by atoms with Crippen LogP contribution in [0.5, 0.6) is 0 Å². The van der Waals surface area contributed by atoms with E-state index in [9.17, 15) is 4.79 Å². The molecule has 0 aliphatic carbocycles. The Balaban J connectivity index is 3.86. The quantitative estimate of drug-likeness (QED) is 0.310. The number of rotatable bonds is 2. The van der Waals surface area contributed by atoms with Gasteiger partial charge in [-0.25, -0.2) is 4.79 Å². The van der Waals surface area contributed by atoms with Crippen molar-refractivity contribution >= 4 is 5.97 Å². The van der Waals surface area contributed by atoms with Crippen molar-refractivity contribution in [3.8, 4) is 0 Å². The molecule has 1 radical (unpaired) electrons. The molecule has 0 aromatic carbocycles. The Hall–Kier alpha value is -0.990. The second-order valence-electron chi connectivity index (χ2n) is 1.37. The molecule has 0 rings (SSSR count). The van der Waals surface area contributed by atoms with Gasteiger partial charge in [0, 0.05) is 0 Å². The second-order valence-corrected chi connectivity index (χ2v) is 1.37. The summed E-state index contributed by atoms with van der Waals surface area (Å²) in [5.74, 6) is -0.475. The molecule has 3 nitrogen and oxygen atoms in total. The van der Waals surface area contributed by atoms with Gasteiger partial charge in [-0.3, -0.25) is 0 Å². The molecule has 0 aromatic rings. The number of methoxy groups -OCH3 is 2. The van der Waals surface area contributed by atoms with E-state index in [1.807, 2.05) is 0 Å². The van der Waals surface area contributed by atoms with Gasteiger partial charge in [-0.05, 0) is 6.92 Å². The molecule has 0 bridgehead atoms. The fraction of sp³-hybridized carbons (Fsp3) is 0.333. The first-order valence-electron chi connectivity index (χ1n) is 2.35. The van der Waals surface area contributed by atoms with Crippen molar-refractivity contribution in [2.24, 2.45) is 0 Å². The van der Waals surface area contributed by atoms with E-state index in [4.69, 9.17) is 0 Å². The van der Waals surface area contributed by atoms with E-state index >= 15 is 0 Å². The summed E-state index contributed by atoms with van der Waals surface area (Å²) in [6.07, 6.45) is 1.23. The molecule has 0 atom stereocenters. The Bertz CT molecular complexity index is 126. The van der Waals surface area contributed by atoms with Crippen LogP contribution in [0.25, 0.3) is 0 Å². The lowest BCUT2D eigenvalue weighted by molar-refractivity contribution is -0.135. The van der Waals surface area contributed by atoms with Crippen LogP contribution in [0.2, 0.25) is 0 Å². The minimum atomic E-state index is -0.475. The Morgan fingerprint density at radius 3 is 2.44 bits per heavy atom. The van der Waals surface area contributed by atoms with Crippen molar-refractivity contribution < 1.29 is 14.3 Å². The van der Waals surface area contributed by atoms with Gasteiger partial charge >= 0.3 is 5.97 Å². The highest BCUT2D eigenvalue weighted by Gasteiger charge is 2.00. The molecule has 0 spiro atoms. The van der Waals surface area contributed by atoms with Gasteiger partial charge in [0.1, 0.15) is 0 Å². The number of esters is 1. The zero-order chi connectivity index (χ0) is 7.28. The number of carbonyl (C=O) groups is 1. The first-order valence-corrected chi connectivity index (χ1v) is 2.35. The van der Waals surface area contributed by atoms with E-state index in [1.54, 1.807) is 0 Å². The summed E-state index contributed by atoms with van der Waals surface area (Å²) in [6.45, 7) is 3.36. The first kappa shape index (κ1) is 8.01. The molecule has 0 unspecified atom stereocenters. The van der Waals surface area contributed by atoms with Gasteiger partial charge in [-0.2, -0.15) is 0 Å². The molecule has 0 fully saturated rings. The number of hydrogen-bond acceptors (Lipinski definition) is 3. The summed E-state index contributed by atoms with van der Waals surface area (Å²) in [6, 6.07) is 0. The highest BCUT2D eigenvalue weighted by Crippen LogP contribution is 1.92. The van der Waals surface area contributed by atoms with Crippen LogP contribution in [-0.2, 0) is 14.3 Å². The summed E-state index contributed by atoms with van der Waals surface area (Å²) in [5.41, 5.74) is 0.208. The predicted molar refractivity (Wildman–Crippen MR) is 32.5 cm³/mol. The van der Waals surface area contributed by atoms with Gasteiger partial charge in [0.15, 0.2) is 0 Å². The molecule has 0 saturated heterocycles. The third-order valence-corrected chi connectivity index (χ3v) is 0.708. The Labute approximate surface area is 54.3 Å². The number of carbonyl (C=O) groups excluding carboxylic acids is 1. The molecule has 0 saturated carbocycles. The standard InChI is InChI=1S/C6H9O3/c1-5(4-8-2)6(7)9-3/h4H,1H2,2-3H3/b5-4+. The van der Waals surface area contributed by atoms with Crippen LogP contribution in [0.3, 0.4) is 0 Å². The van der Waals surface area contributed by atoms with Crippen LogP contribution >= 0.6 is 0 Å². The van der Waals surface area contributed by atoms with Gasteiger partial charge in [0.05, 0.1) is 26.1 Å². The van der Waals surface area contributed by atoms with Crippen LogP contribution in [0.4, 0.5) is 0 Å². The monoisotopic (exact) mass is 129 g/mol. The molecule has 0 heterocycles. The summed E-state index contributed by atoms with van der Waals surface area (Å²) in [4.78, 5) is 10.5. The Morgan fingerprint density at radius 2 is 2.11 bits per heavy atom. The Morgan fingerprint density at radius 1 is 1.56 bits per heavy atom. The minimum absolute atomic E-state index is 0.208. The van der Waals surface area contributed by atoms with Crippen LogP contribution in [0.1, 0.15) is 0 Å². The molecule has 0 amide bonds. The van der Waals surface area contributed by atoms with Crippen molar-refractivity contribution in [3.05, 3.63) is 18.8 Å². The van der Waals surface area contributed by atoms with Crippen LogP contribution in [0, 0.1) is 6.92 Å². The smallest absolute Gasteiger partial charge is 0.336 e. The van der Waals surface area contributed by atoms with Crippen LogP contribution in [-0.4, -0.2) is 20.2 Å². The molecule has 0 N–H and O–H groups in total. The molecule has 0 aliphatic rings. The van der Waals surface area contributed by atoms with Crippen LogP contribution < -0.4 is 0 Å². The molecular formula is C6H9O3. The number of ether oxygens (including phenoxy) is 2. The van der Waals surface area contributed by atoms with Gasteiger partial charge < -0.3 is 9.47 Å². The topological polar surface area (TPSA) is 35.5 Å². The van der Waals surface area contributed by atoms with E-state index in [0.29, 0.717) is 0 Å². The highest BCUT2D eigenvalue weighted by molar-refractivity contribution is 5.89. The summed E-state index contributed by atoms with van der Waals surface area (Å²) in [7, 11) is 2.73. The maximum Gasteiger partial charge on any atom is 0.336 e. The average molecular weight is 129 g/mol. The molecule has 3 heteroatoms. The molecular weight excluding hydrogens is 120 g/mol. The molecule has 0 aliphatic heterocycles. The lowest BCUT2D eigenvalue weighted by Gasteiger charge is -1.95. The largest absolute Gasteiger partial charge is 0.504 e. The normalized spacial score (nSPS) is 10.8. The molecule has 51 valence electrons. The van der Waals surface area contributed by atoms with Gasteiger partial charge in [-0.15, -0.1) is 0 Å². The van der Waals surface area contributed by atoms with Gasteiger partial charge in [0.25, 0.3) is 0 Å². The van der Waals surface area contributed by atoms with E-state index in [0.717, 1.165) is 0 Å². The van der Waals surface area contributed by atoms with E-state index in [2.05, 4.69) is 16.4 Å². The van der Waals surface area contributed by atoms with Crippen LogP contribution in [0.15, 0.2) is 11.8 Å². The maximum absolute atomic E-state index is 10.5. The number of hydrogen-bond donors (Lipinski definition) is 0. The van der Waals surface area contributed by atoms with E-state index < -0.39 is 5.97 Å². The Kier molecular flexibility index (Phi) is 3.51. The zero-order valence-electron chi connectivity index (χ0n) is 5.51. The summed E-state index contributed by atoms with van der Waals surface area (Å²) < 4.78 is 8.82. The molecule has 0 aromatic heterocycles. The highest BCUT2D eigenvalue weighted by atomic mass is 16.5. The lowest BCUT2D eigenvalue weighted by atomic mass is 10.3. The van der Waals surface area contributed by atoms with Crippen molar-refractivity contribution in [1.82, 2.24) is 0 Å². The third kappa shape index (κ3) is 2.74. The molecule has 9 heavy (non-hydrogen) atoms. The first-order chi connectivity index (χ1) is 4.22. The average Bonchev–Trinajstić information content (AvgIpc) is 1.87. The van der Waals surface area contributed by atoms with Crippen molar-refractivity contribution in [3.63, 3.8) is 0 Å². The zero-order valence-corrected chi connectivity index (χ0v) is 5.51. The van der Waals surface area contributed by atoms with Crippen molar-refractivity contribution in [1.29, 1.82) is 0 Å². The fourth-order valence-corrected chi connectivity index (χ4v) is 0.321. The maximum atomic E-state index is 10.5. The van der Waals surface area contributed by atoms with E-state index in [-0.39, 0.29) is 5.57 Å². The van der Waals surface area contributed by atoms with Gasteiger partial charge in [0.2, 0.25) is 0 Å². The second kappa shape index (κ2) is 3.95. The SMILES string of the molecule is [CH2]/C(=C\OC)C(=O)OC. The van der Waals surface area contributed by atoms with E-state index in [1.165, 1.54) is 20.5 Å². The van der Waals surface area contributed by atoms with Gasteiger partial charge in [-0.1, -0.05) is 0 Å². The van der Waals surface area contributed by atoms with Crippen molar-refractivity contribution in [2.75, 3.05) is 14.2 Å².